The number of nitrogens with two attached hydrogens (primary N) is 1. The van der Waals surface area contributed by atoms with Crippen LogP contribution in [0.2, 0.25) is 0 Å². The monoisotopic (exact) mass is 1040 g/mol. The van der Waals surface area contributed by atoms with E-state index in [0.717, 1.165) is 4.90 Å². The second kappa shape index (κ2) is 27.0. The number of urea groups is 1. The van der Waals surface area contributed by atoms with Crippen molar-refractivity contribution in [1.82, 2.24) is 41.2 Å². The Balaban J connectivity index is 1.02. The van der Waals surface area contributed by atoms with E-state index in [-0.39, 0.29) is 106 Å². The van der Waals surface area contributed by atoms with Crippen LogP contribution in [0.5, 0.6) is 0 Å². The molecule has 6 rings (SSSR count). The van der Waals surface area contributed by atoms with E-state index in [0.29, 0.717) is 59.4 Å². The zero-order valence-electron chi connectivity index (χ0n) is 42.0. The number of nitrogens with one attached hydrogen (secondary N) is 5. The molecule has 0 bridgehead atoms. The predicted molar refractivity (Wildman–Crippen MR) is 270 cm³/mol. The lowest BCUT2D eigenvalue weighted by atomic mass is 9.89. The van der Waals surface area contributed by atoms with Crippen LogP contribution in [0.3, 0.4) is 0 Å². The first kappa shape index (κ1) is 55.8. The van der Waals surface area contributed by atoms with Crippen molar-refractivity contribution in [3.05, 3.63) is 108 Å². The number of hydrogen-bond donors (Lipinski definition) is 6. The van der Waals surface area contributed by atoms with E-state index in [4.69, 9.17) is 15.2 Å². The SMILES string of the molecule is CC(=O)NC[C@H]1CN(c2ccc(-c3ccc(CN(Cc4cn[nH]n4)C(=O)OCc4ccc(NC(=O)[C@H](CCCNC(N)=O)CC(=O)[C@@H](NC(=O)CCCCCN5C(=O)C=CC5=O)C(C)C)cc4)cc3)c(F)c2)C(=O)O1. The van der Waals surface area contributed by atoms with E-state index >= 15 is 4.39 Å². The number of amides is 9. The molecule has 9 amide bonds. The predicted octanol–water partition coefficient (Wildman–Crippen LogP) is 5.00. The van der Waals surface area contributed by atoms with Crippen LogP contribution in [0, 0.1) is 17.7 Å². The second-order valence-electron chi connectivity index (χ2n) is 18.5. The van der Waals surface area contributed by atoms with Gasteiger partial charge in [-0.1, -0.05) is 56.7 Å². The van der Waals surface area contributed by atoms with Crippen molar-refractivity contribution < 1.29 is 57.0 Å². The van der Waals surface area contributed by atoms with Gasteiger partial charge in [0, 0.05) is 68.7 Å². The van der Waals surface area contributed by atoms with Gasteiger partial charge in [-0.3, -0.25) is 43.5 Å². The molecule has 0 radical (unpaired) electrons. The molecule has 1 fully saturated rings. The van der Waals surface area contributed by atoms with E-state index in [1.165, 1.54) is 41.1 Å². The second-order valence-corrected chi connectivity index (χ2v) is 18.5. The van der Waals surface area contributed by atoms with E-state index in [1.54, 1.807) is 74.5 Å². The number of ether oxygens (including phenoxy) is 2. The van der Waals surface area contributed by atoms with Gasteiger partial charge in [-0.15, -0.1) is 0 Å². The van der Waals surface area contributed by atoms with Crippen LogP contribution in [-0.2, 0) is 57.9 Å². The van der Waals surface area contributed by atoms with Gasteiger partial charge >= 0.3 is 18.2 Å². The lowest BCUT2D eigenvalue weighted by molar-refractivity contribution is -0.137. The molecular weight excluding hydrogens is 974 g/mol. The number of nitrogens with zero attached hydrogens (tertiary/aromatic N) is 5. The highest BCUT2D eigenvalue weighted by Crippen LogP contribution is 2.30. The number of carbonyl (C=O) groups excluding carboxylic acids is 9. The zero-order chi connectivity index (χ0) is 54.0. The van der Waals surface area contributed by atoms with Crippen molar-refractivity contribution in [3.63, 3.8) is 0 Å². The molecule has 3 atom stereocenters. The molecule has 2 aliphatic heterocycles. The molecule has 75 heavy (non-hydrogen) atoms. The summed E-state index contributed by atoms with van der Waals surface area (Å²) in [6.07, 6.45) is 4.10. The van der Waals surface area contributed by atoms with Gasteiger partial charge < -0.3 is 36.5 Å². The average molecular weight is 1040 g/mol. The van der Waals surface area contributed by atoms with Gasteiger partial charge in [-0.05, 0) is 78.6 Å². The number of carbonyl (C=O) groups is 9. The molecule has 1 aromatic heterocycles. The Kier molecular flexibility index (Phi) is 20.1. The summed E-state index contributed by atoms with van der Waals surface area (Å²) >= 11 is 0. The summed E-state index contributed by atoms with van der Waals surface area (Å²) in [7, 11) is 0. The van der Waals surface area contributed by atoms with Gasteiger partial charge in [0.1, 0.15) is 24.2 Å². The Bertz CT molecular complexity index is 2700. The van der Waals surface area contributed by atoms with E-state index in [9.17, 15) is 43.2 Å². The fourth-order valence-corrected chi connectivity index (χ4v) is 8.36. The van der Waals surface area contributed by atoms with Crippen LogP contribution >= 0.6 is 0 Å². The molecule has 2 aliphatic rings. The van der Waals surface area contributed by atoms with Crippen LogP contribution in [0.25, 0.3) is 11.1 Å². The number of ketones is 1. The van der Waals surface area contributed by atoms with Gasteiger partial charge in [-0.2, -0.15) is 15.4 Å². The number of Topliss-reactive ketones (excluding diaryl/α,β-unsaturated/α-hetero) is 1. The third kappa shape index (κ3) is 16.8. The maximum absolute atomic E-state index is 15.5. The molecule has 23 heteroatoms. The fourth-order valence-electron chi connectivity index (χ4n) is 8.36. The van der Waals surface area contributed by atoms with Crippen molar-refractivity contribution in [2.45, 2.75) is 97.6 Å². The molecule has 3 heterocycles. The number of aromatic amines is 1. The highest BCUT2D eigenvalue weighted by molar-refractivity contribution is 6.12. The van der Waals surface area contributed by atoms with Crippen LogP contribution in [0.1, 0.15) is 82.5 Å². The molecule has 0 unspecified atom stereocenters. The van der Waals surface area contributed by atoms with Crippen LogP contribution < -0.4 is 31.9 Å². The molecule has 0 aliphatic carbocycles. The van der Waals surface area contributed by atoms with Gasteiger partial charge in [0.2, 0.25) is 17.7 Å². The average Bonchev–Trinajstić information content (AvgIpc) is 4.12. The number of primary amides is 1. The molecular formula is C52H62FN11O11. The summed E-state index contributed by atoms with van der Waals surface area (Å²) in [4.78, 5) is 117. The Morgan fingerprint density at radius 1 is 0.907 bits per heavy atom. The van der Waals surface area contributed by atoms with Gasteiger partial charge in [0.25, 0.3) is 11.8 Å². The molecule has 1 saturated heterocycles. The maximum atomic E-state index is 15.5. The van der Waals surface area contributed by atoms with Crippen molar-refractivity contribution in [2.24, 2.45) is 17.6 Å². The smallest absolute Gasteiger partial charge is 0.414 e. The first-order chi connectivity index (χ1) is 35.9. The zero-order valence-corrected chi connectivity index (χ0v) is 42.0. The standard InChI is InChI=1S/C52H62FN11O11/c1-32(2)48(59-45(67)9-5-4-6-23-63-46(68)20-21-47(63)69)44(66)24-37(8-7-22-55-50(54)71)49(70)58-38-16-12-35(13-17-38)31-74-51(72)62(29-39-26-57-61-60-39)28-34-10-14-36(15-11-34)42-19-18-40(25-43(42)53)64-30-41(75-52(64)73)27-56-33(3)65/h10-21,25-26,32,37,41,48H,4-9,22-24,27-31H2,1-3H3,(H,56,65)(H,58,70)(H,59,67)(H3,54,55,71)(H,57,60,61)/t37-,41+,48+/m1/s1. The molecule has 3 aromatic carbocycles. The summed E-state index contributed by atoms with van der Waals surface area (Å²) in [6.45, 7) is 5.65. The van der Waals surface area contributed by atoms with E-state index in [1.807, 2.05) is 0 Å². The summed E-state index contributed by atoms with van der Waals surface area (Å²) in [5, 5.41) is 21.2. The Morgan fingerprint density at radius 3 is 2.28 bits per heavy atom. The molecule has 398 valence electrons. The van der Waals surface area contributed by atoms with Crippen molar-refractivity contribution in [3.8, 4) is 11.1 Å². The number of hydrogen-bond acceptors (Lipinski definition) is 13. The first-order valence-corrected chi connectivity index (χ1v) is 24.6. The number of unbranched alkanes of at least 4 members (excludes halogenated alkanes) is 2. The van der Waals surface area contributed by atoms with E-state index < -0.39 is 48.0 Å². The molecule has 22 nitrogen and oxygen atoms in total. The fraction of sp³-hybridized carbons (Fsp3) is 0.404. The summed E-state index contributed by atoms with van der Waals surface area (Å²) < 4.78 is 26.5. The molecule has 0 spiro atoms. The highest BCUT2D eigenvalue weighted by Gasteiger charge is 2.33. The number of benzene rings is 3. The molecule has 4 aromatic rings. The number of halogens is 1. The lowest BCUT2D eigenvalue weighted by Gasteiger charge is -2.24. The van der Waals surface area contributed by atoms with E-state index in [2.05, 4.69) is 36.7 Å². The van der Waals surface area contributed by atoms with Gasteiger partial charge in [0.05, 0.1) is 37.6 Å². The summed E-state index contributed by atoms with van der Waals surface area (Å²) in [5.74, 6) is -3.81. The van der Waals surface area contributed by atoms with Crippen LogP contribution in [-0.4, -0.2) is 117 Å². The Hall–Kier alpha value is -8.50. The van der Waals surface area contributed by atoms with Crippen molar-refractivity contribution in [2.75, 3.05) is 36.4 Å². The van der Waals surface area contributed by atoms with Crippen molar-refractivity contribution in [1.29, 1.82) is 0 Å². The minimum Gasteiger partial charge on any atom is -0.445 e. The largest absolute Gasteiger partial charge is 0.445 e. The number of anilines is 2. The number of cyclic esters (lactones) is 1. The number of rotatable bonds is 27. The number of aromatic nitrogens is 3. The Morgan fingerprint density at radius 2 is 1.63 bits per heavy atom. The van der Waals surface area contributed by atoms with Gasteiger partial charge in [-0.25, -0.2) is 18.8 Å². The number of H-pyrrole nitrogens is 1. The normalized spacial score (nSPS) is 14.8. The topological polar surface area (TPSA) is 298 Å². The van der Waals surface area contributed by atoms with Crippen LogP contribution in [0.4, 0.5) is 30.1 Å². The quantitative estimate of drug-likeness (QED) is 0.0339. The minimum absolute atomic E-state index is 0.0441. The third-order valence-electron chi connectivity index (χ3n) is 12.4. The minimum atomic E-state index is -0.872. The van der Waals surface area contributed by atoms with Crippen molar-refractivity contribution >= 4 is 64.9 Å². The van der Waals surface area contributed by atoms with Crippen LogP contribution in [0.15, 0.2) is 85.1 Å². The first-order valence-electron chi connectivity index (χ1n) is 24.6. The van der Waals surface area contributed by atoms with Gasteiger partial charge in [0.15, 0.2) is 5.78 Å². The summed E-state index contributed by atoms with van der Waals surface area (Å²) in [5.41, 5.74) is 8.54. The lowest BCUT2D eigenvalue weighted by Crippen LogP contribution is -2.45. The molecule has 7 N–H and O–H groups in total. The maximum Gasteiger partial charge on any atom is 0.414 e. The highest BCUT2D eigenvalue weighted by atomic mass is 19.1. The summed E-state index contributed by atoms with van der Waals surface area (Å²) in [6, 6.07) is 16.3. The Labute approximate surface area is 432 Å². The number of imide groups is 1. The third-order valence-corrected chi connectivity index (χ3v) is 12.4. The molecule has 0 saturated carbocycles.